The molecule has 0 aliphatic heterocycles. The fourth-order valence-corrected chi connectivity index (χ4v) is 2.63. The van der Waals surface area contributed by atoms with Crippen LogP contribution in [-0.2, 0) is 0 Å². The second-order valence-corrected chi connectivity index (χ2v) is 5.42. The van der Waals surface area contributed by atoms with E-state index in [2.05, 4.69) is 19.2 Å². The zero-order chi connectivity index (χ0) is 11.8. The average molecular weight is 227 g/mol. The summed E-state index contributed by atoms with van der Waals surface area (Å²) in [5.41, 5.74) is 0. The summed E-state index contributed by atoms with van der Waals surface area (Å²) in [4.78, 5) is 0. The van der Waals surface area contributed by atoms with Gasteiger partial charge in [-0.15, -0.1) is 0 Å². The second kappa shape index (κ2) is 8.08. The van der Waals surface area contributed by atoms with E-state index in [4.69, 9.17) is 0 Å². The summed E-state index contributed by atoms with van der Waals surface area (Å²) >= 11 is 0. The first-order chi connectivity index (χ1) is 7.74. The van der Waals surface area contributed by atoms with E-state index in [9.17, 15) is 5.11 Å². The van der Waals surface area contributed by atoms with Gasteiger partial charge in [0.05, 0.1) is 6.10 Å². The van der Waals surface area contributed by atoms with Crippen molar-refractivity contribution in [3.63, 3.8) is 0 Å². The normalized spacial score (nSPS) is 21.2. The standard InChI is InChI=1S/C14H29NO/c1-3-4-5-8-12(2)15-11-14(16)13-9-6-7-10-13/h12-16H,3-11H2,1-2H3. The van der Waals surface area contributed by atoms with E-state index in [1.807, 2.05) is 0 Å². The molecule has 2 N–H and O–H groups in total. The SMILES string of the molecule is CCCCCC(C)NCC(O)C1CCCC1. The molecule has 2 heteroatoms. The Morgan fingerprint density at radius 1 is 1.25 bits per heavy atom. The van der Waals surface area contributed by atoms with Crippen molar-refractivity contribution in [1.82, 2.24) is 5.32 Å². The summed E-state index contributed by atoms with van der Waals surface area (Å²) in [6.07, 6.45) is 10.1. The summed E-state index contributed by atoms with van der Waals surface area (Å²) in [7, 11) is 0. The lowest BCUT2D eigenvalue weighted by Crippen LogP contribution is -2.36. The molecule has 2 nitrogen and oxygen atoms in total. The van der Waals surface area contributed by atoms with Gasteiger partial charge in [0.2, 0.25) is 0 Å². The average Bonchev–Trinajstić information content (AvgIpc) is 2.79. The molecule has 0 amide bonds. The second-order valence-electron chi connectivity index (χ2n) is 5.42. The molecule has 16 heavy (non-hydrogen) atoms. The molecule has 96 valence electrons. The van der Waals surface area contributed by atoms with Crippen LogP contribution in [0.25, 0.3) is 0 Å². The molecular weight excluding hydrogens is 198 g/mol. The molecule has 0 saturated heterocycles. The van der Waals surface area contributed by atoms with Gasteiger partial charge in [0.15, 0.2) is 0 Å². The highest BCUT2D eigenvalue weighted by atomic mass is 16.3. The number of rotatable bonds is 8. The van der Waals surface area contributed by atoms with E-state index in [0.29, 0.717) is 12.0 Å². The number of hydrogen-bond donors (Lipinski definition) is 2. The monoisotopic (exact) mass is 227 g/mol. The van der Waals surface area contributed by atoms with Gasteiger partial charge in [-0.05, 0) is 32.1 Å². The van der Waals surface area contributed by atoms with Crippen molar-refractivity contribution in [2.45, 2.75) is 77.4 Å². The largest absolute Gasteiger partial charge is 0.392 e. The van der Waals surface area contributed by atoms with Crippen LogP contribution in [0.4, 0.5) is 0 Å². The van der Waals surface area contributed by atoms with Crippen LogP contribution in [0.3, 0.4) is 0 Å². The first kappa shape index (κ1) is 14.0. The Kier molecular flexibility index (Phi) is 7.06. The molecule has 2 unspecified atom stereocenters. The maximum Gasteiger partial charge on any atom is 0.0692 e. The Hall–Kier alpha value is -0.0800. The summed E-state index contributed by atoms with van der Waals surface area (Å²) in [5, 5.41) is 13.5. The molecule has 0 aromatic carbocycles. The van der Waals surface area contributed by atoms with E-state index in [1.54, 1.807) is 0 Å². The summed E-state index contributed by atoms with van der Waals surface area (Å²) < 4.78 is 0. The highest BCUT2D eigenvalue weighted by Gasteiger charge is 2.22. The lowest BCUT2D eigenvalue weighted by molar-refractivity contribution is 0.106. The van der Waals surface area contributed by atoms with Crippen LogP contribution in [0, 0.1) is 5.92 Å². The molecule has 1 aliphatic carbocycles. The fraction of sp³-hybridized carbons (Fsp3) is 1.00. The highest BCUT2D eigenvalue weighted by molar-refractivity contribution is 4.77. The van der Waals surface area contributed by atoms with Gasteiger partial charge < -0.3 is 10.4 Å². The molecule has 0 spiro atoms. The molecular formula is C14H29NO. The Morgan fingerprint density at radius 3 is 2.56 bits per heavy atom. The lowest BCUT2D eigenvalue weighted by Gasteiger charge is -2.21. The summed E-state index contributed by atoms with van der Waals surface area (Å²) in [6.45, 7) is 5.26. The third kappa shape index (κ3) is 5.31. The number of nitrogens with one attached hydrogen (secondary N) is 1. The Morgan fingerprint density at radius 2 is 1.94 bits per heavy atom. The topological polar surface area (TPSA) is 32.3 Å². The molecule has 0 heterocycles. The van der Waals surface area contributed by atoms with Gasteiger partial charge in [0.25, 0.3) is 0 Å². The predicted molar refractivity (Wildman–Crippen MR) is 69.6 cm³/mol. The van der Waals surface area contributed by atoms with E-state index < -0.39 is 0 Å². The van der Waals surface area contributed by atoms with Gasteiger partial charge >= 0.3 is 0 Å². The molecule has 1 fully saturated rings. The minimum absolute atomic E-state index is 0.115. The highest BCUT2D eigenvalue weighted by Crippen LogP contribution is 2.27. The van der Waals surface area contributed by atoms with Gasteiger partial charge in [0.1, 0.15) is 0 Å². The van der Waals surface area contributed by atoms with Gasteiger partial charge in [-0.1, -0.05) is 39.0 Å². The van der Waals surface area contributed by atoms with Crippen LogP contribution in [0.2, 0.25) is 0 Å². The Balaban J connectivity index is 2.03. The molecule has 1 rings (SSSR count). The number of hydrogen-bond acceptors (Lipinski definition) is 2. The van der Waals surface area contributed by atoms with Crippen LogP contribution in [-0.4, -0.2) is 23.8 Å². The van der Waals surface area contributed by atoms with Gasteiger partial charge in [0, 0.05) is 12.6 Å². The van der Waals surface area contributed by atoms with Gasteiger partial charge in [-0.2, -0.15) is 0 Å². The number of aliphatic hydroxyl groups excluding tert-OH is 1. The zero-order valence-electron chi connectivity index (χ0n) is 11.0. The fourth-order valence-electron chi connectivity index (χ4n) is 2.63. The molecule has 1 saturated carbocycles. The maximum atomic E-state index is 10.0. The molecule has 0 aromatic heterocycles. The van der Waals surface area contributed by atoms with Crippen molar-refractivity contribution in [3.8, 4) is 0 Å². The van der Waals surface area contributed by atoms with E-state index >= 15 is 0 Å². The Bertz CT molecular complexity index is 166. The lowest BCUT2D eigenvalue weighted by atomic mass is 10.0. The number of unbranched alkanes of at least 4 members (excludes halogenated alkanes) is 2. The van der Waals surface area contributed by atoms with Crippen molar-refractivity contribution < 1.29 is 5.11 Å². The van der Waals surface area contributed by atoms with Crippen LogP contribution < -0.4 is 5.32 Å². The minimum atomic E-state index is -0.115. The zero-order valence-corrected chi connectivity index (χ0v) is 11.0. The molecule has 0 aromatic rings. The molecule has 0 bridgehead atoms. The van der Waals surface area contributed by atoms with Crippen molar-refractivity contribution in [3.05, 3.63) is 0 Å². The maximum absolute atomic E-state index is 10.0. The van der Waals surface area contributed by atoms with Crippen molar-refractivity contribution >= 4 is 0 Å². The summed E-state index contributed by atoms with van der Waals surface area (Å²) in [6, 6.07) is 0.558. The van der Waals surface area contributed by atoms with E-state index in [1.165, 1.54) is 51.4 Å². The predicted octanol–water partition coefficient (Wildman–Crippen LogP) is 3.10. The third-order valence-corrected chi connectivity index (χ3v) is 3.86. The van der Waals surface area contributed by atoms with Crippen LogP contribution in [0.5, 0.6) is 0 Å². The minimum Gasteiger partial charge on any atom is -0.392 e. The molecule has 1 aliphatic rings. The van der Waals surface area contributed by atoms with Crippen LogP contribution >= 0.6 is 0 Å². The van der Waals surface area contributed by atoms with Crippen molar-refractivity contribution in [1.29, 1.82) is 0 Å². The van der Waals surface area contributed by atoms with E-state index in [-0.39, 0.29) is 6.10 Å². The van der Waals surface area contributed by atoms with Crippen LogP contribution in [0.15, 0.2) is 0 Å². The molecule has 0 radical (unpaired) electrons. The quantitative estimate of drug-likeness (QED) is 0.625. The van der Waals surface area contributed by atoms with Gasteiger partial charge in [-0.25, -0.2) is 0 Å². The van der Waals surface area contributed by atoms with Gasteiger partial charge in [-0.3, -0.25) is 0 Å². The first-order valence-electron chi connectivity index (χ1n) is 7.15. The van der Waals surface area contributed by atoms with E-state index in [0.717, 1.165) is 6.54 Å². The number of aliphatic hydroxyl groups is 1. The summed E-state index contributed by atoms with van der Waals surface area (Å²) in [5.74, 6) is 0.565. The van der Waals surface area contributed by atoms with Crippen molar-refractivity contribution in [2.75, 3.05) is 6.54 Å². The molecule has 2 atom stereocenters. The first-order valence-corrected chi connectivity index (χ1v) is 7.15. The van der Waals surface area contributed by atoms with Crippen LogP contribution in [0.1, 0.15) is 65.2 Å². The van der Waals surface area contributed by atoms with Crippen molar-refractivity contribution in [2.24, 2.45) is 5.92 Å². The smallest absolute Gasteiger partial charge is 0.0692 e. The third-order valence-electron chi connectivity index (χ3n) is 3.86. The Labute approximate surface area is 101 Å².